The topological polar surface area (TPSA) is 92.2 Å². The maximum Gasteiger partial charge on any atom is 0.295 e. The Morgan fingerprint density at radius 2 is 1.84 bits per heavy atom. The number of pyridine rings is 1. The van der Waals surface area contributed by atoms with E-state index in [0.717, 1.165) is 13.1 Å². The number of likely N-dealkylation sites (N-methyl/N-ethyl adjacent to an activating group) is 1. The molecule has 0 radical (unpaired) electrons. The summed E-state index contributed by atoms with van der Waals surface area (Å²) in [7, 11) is 3.00. The van der Waals surface area contributed by atoms with E-state index in [-0.39, 0.29) is 11.3 Å². The van der Waals surface area contributed by atoms with Gasteiger partial charge in [0.15, 0.2) is 11.5 Å². The van der Waals surface area contributed by atoms with Gasteiger partial charge in [-0.1, -0.05) is 19.9 Å². The zero-order valence-electron chi connectivity index (χ0n) is 18.9. The number of carbonyl (C=O) groups excluding carboxylic acids is 2. The summed E-state index contributed by atoms with van der Waals surface area (Å²) in [6.45, 7) is 6.75. The van der Waals surface area contributed by atoms with E-state index in [9.17, 15) is 14.7 Å². The Hall–Kier alpha value is -3.39. The Morgan fingerprint density at radius 3 is 2.44 bits per heavy atom. The molecule has 8 nitrogen and oxygen atoms in total. The van der Waals surface area contributed by atoms with Crippen LogP contribution < -0.4 is 9.47 Å². The fourth-order valence-electron chi connectivity index (χ4n) is 3.92. The Kier molecular flexibility index (Phi) is 7.48. The maximum atomic E-state index is 13.1. The minimum atomic E-state index is -0.729. The first kappa shape index (κ1) is 23.3. The molecular weight excluding hydrogens is 410 g/mol. The number of aliphatic hydroxyl groups excluding tert-OH is 1. The number of Topliss-reactive ketones (excluding diaryl/α,β-unsaturated/α-hetero) is 1. The molecule has 1 N–H and O–H groups in total. The molecule has 2 heterocycles. The van der Waals surface area contributed by atoms with Gasteiger partial charge in [0, 0.05) is 31.0 Å². The van der Waals surface area contributed by atoms with Gasteiger partial charge in [0.05, 0.1) is 25.8 Å². The summed E-state index contributed by atoms with van der Waals surface area (Å²) in [5.74, 6) is -0.708. The first-order valence-corrected chi connectivity index (χ1v) is 10.6. The minimum absolute atomic E-state index is 0.0368. The van der Waals surface area contributed by atoms with Gasteiger partial charge in [-0.2, -0.15) is 0 Å². The van der Waals surface area contributed by atoms with E-state index in [0.29, 0.717) is 35.7 Å². The van der Waals surface area contributed by atoms with Crippen LogP contribution in [0.4, 0.5) is 0 Å². The summed E-state index contributed by atoms with van der Waals surface area (Å²) in [6, 6.07) is 7.67. The fraction of sp³-hybridized carbons (Fsp3) is 0.375. The van der Waals surface area contributed by atoms with Crippen LogP contribution in [-0.2, 0) is 9.59 Å². The highest BCUT2D eigenvalue weighted by Crippen LogP contribution is 2.40. The Bertz CT molecular complexity index is 1000. The molecule has 170 valence electrons. The highest BCUT2D eigenvalue weighted by Gasteiger charge is 2.46. The fourth-order valence-corrected chi connectivity index (χ4v) is 3.92. The molecule has 0 bridgehead atoms. The zero-order chi connectivity index (χ0) is 23.3. The number of aliphatic hydroxyl groups is 1. The first-order valence-electron chi connectivity index (χ1n) is 10.6. The van der Waals surface area contributed by atoms with Crippen LogP contribution in [0, 0.1) is 0 Å². The van der Waals surface area contributed by atoms with Gasteiger partial charge in [0.2, 0.25) is 0 Å². The van der Waals surface area contributed by atoms with E-state index in [1.807, 2.05) is 13.8 Å². The molecule has 1 amide bonds. The van der Waals surface area contributed by atoms with E-state index >= 15 is 0 Å². The molecule has 0 aliphatic carbocycles. The predicted molar refractivity (Wildman–Crippen MR) is 121 cm³/mol. The van der Waals surface area contributed by atoms with E-state index in [1.165, 1.54) is 19.1 Å². The molecule has 1 aliphatic rings. The Balaban J connectivity index is 2.10. The number of amides is 1. The van der Waals surface area contributed by atoms with Gasteiger partial charge >= 0.3 is 0 Å². The lowest BCUT2D eigenvalue weighted by Crippen LogP contribution is -2.38. The molecule has 1 fully saturated rings. The normalized spacial score (nSPS) is 17.8. The second-order valence-electron chi connectivity index (χ2n) is 7.38. The molecule has 0 spiro atoms. The molecular formula is C24H29N3O5. The number of methoxy groups -OCH3 is 2. The lowest BCUT2D eigenvalue weighted by Gasteiger charge is -2.28. The van der Waals surface area contributed by atoms with Crippen molar-refractivity contribution in [1.82, 2.24) is 14.8 Å². The van der Waals surface area contributed by atoms with Gasteiger partial charge in [-0.3, -0.25) is 14.6 Å². The van der Waals surface area contributed by atoms with Gasteiger partial charge < -0.3 is 24.4 Å². The van der Waals surface area contributed by atoms with E-state index < -0.39 is 17.7 Å². The number of likely N-dealkylation sites (tertiary alicyclic amines) is 1. The number of ketones is 1. The lowest BCUT2D eigenvalue weighted by atomic mass is 9.96. The van der Waals surface area contributed by atoms with Crippen molar-refractivity contribution in [3.8, 4) is 11.5 Å². The summed E-state index contributed by atoms with van der Waals surface area (Å²) in [4.78, 5) is 33.9. The van der Waals surface area contributed by atoms with Crippen LogP contribution in [-0.4, -0.2) is 72.0 Å². The second-order valence-corrected chi connectivity index (χ2v) is 7.38. The molecule has 1 saturated heterocycles. The van der Waals surface area contributed by atoms with Crippen LogP contribution in [0.15, 0.2) is 48.3 Å². The number of hydrogen-bond acceptors (Lipinski definition) is 7. The zero-order valence-corrected chi connectivity index (χ0v) is 18.9. The van der Waals surface area contributed by atoms with Crippen molar-refractivity contribution in [2.24, 2.45) is 0 Å². The largest absolute Gasteiger partial charge is 0.507 e. The second kappa shape index (κ2) is 10.3. The first-order chi connectivity index (χ1) is 15.5. The maximum absolute atomic E-state index is 13.1. The number of ether oxygens (including phenoxy) is 2. The number of carbonyl (C=O) groups is 2. The van der Waals surface area contributed by atoms with E-state index in [1.54, 1.807) is 42.7 Å². The highest BCUT2D eigenvalue weighted by molar-refractivity contribution is 6.46. The summed E-state index contributed by atoms with van der Waals surface area (Å²) in [5.41, 5.74) is 1.06. The standard InChI is InChI=1S/C24H29N3O5/c1-5-26(6-2)12-13-27-21(17-8-7-11-25-15-17)20(23(29)24(27)30)22(28)16-9-10-18(31-3)19(14-16)32-4/h7-11,14-15,21,28H,5-6,12-13H2,1-4H3/t21-/m1/s1. The number of benzene rings is 1. The van der Waals surface area contributed by atoms with E-state index in [2.05, 4.69) is 9.88 Å². The Labute approximate surface area is 188 Å². The molecule has 3 rings (SSSR count). The SMILES string of the molecule is CCN(CC)CCN1C(=O)C(=O)C(=C(O)c2ccc(OC)c(OC)c2)[C@H]1c1cccnc1. The average Bonchev–Trinajstić information content (AvgIpc) is 3.09. The lowest BCUT2D eigenvalue weighted by molar-refractivity contribution is -0.140. The van der Waals surface area contributed by atoms with Gasteiger partial charge in [-0.05, 0) is 42.9 Å². The summed E-state index contributed by atoms with van der Waals surface area (Å²) < 4.78 is 10.6. The molecule has 1 aromatic heterocycles. The highest BCUT2D eigenvalue weighted by atomic mass is 16.5. The third-order valence-corrected chi connectivity index (χ3v) is 5.75. The minimum Gasteiger partial charge on any atom is -0.507 e. The summed E-state index contributed by atoms with van der Waals surface area (Å²) in [6.07, 6.45) is 3.24. The summed E-state index contributed by atoms with van der Waals surface area (Å²) in [5, 5.41) is 11.2. The van der Waals surface area contributed by atoms with Crippen molar-refractivity contribution in [1.29, 1.82) is 0 Å². The molecule has 2 aromatic rings. The van der Waals surface area contributed by atoms with Gasteiger partial charge in [-0.15, -0.1) is 0 Å². The van der Waals surface area contributed by atoms with E-state index in [4.69, 9.17) is 9.47 Å². The van der Waals surface area contributed by atoms with Gasteiger partial charge in [0.1, 0.15) is 5.76 Å². The smallest absolute Gasteiger partial charge is 0.295 e. The van der Waals surface area contributed by atoms with Crippen molar-refractivity contribution in [2.75, 3.05) is 40.4 Å². The van der Waals surface area contributed by atoms with Crippen molar-refractivity contribution in [3.05, 3.63) is 59.4 Å². The monoisotopic (exact) mass is 439 g/mol. The molecule has 0 saturated carbocycles. The third-order valence-electron chi connectivity index (χ3n) is 5.75. The molecule has 1 aliphatic heterocycles. The molecule has 1 atom stereocenters. The number of nitrogens with zero attached hydrogens (tertiary/aromatic N) is 3. The number of hydrogen-bond donors (Lipinski definition) is 1. The molecule has 0 unspecified atom stereocenters. The van der Waals surface area contributed by atoms with Crippen molar-refractivity contribution in [3.63, 3.8) is 0 Å². The van der Waals surface area contributed by atoms with Crippen LogP contribution in [0.3, 0.4) is 0 Å². The molecule has 1 aromatic carbocycles. The molecule has 8 heteroatoms. The van der Waals surface area contributed by atoms with Gasteiger partial charge in [0.25, 0.3) is 11.7 Å². The van der Waals surface area contributed by atoms with Crippen LogP contribution >= 0.6 is 0 Å². The quantitative estimate of drug-likeness (QED) is 0.365. The molecule has 32 heavy (non-hydrogen) atoms. The predicted octanol–water partition coefficient (Wildman–Crippen LogP) is 2.86. The Morgan fingerprint density at radius 1 is 1.12 bits per heavy atom. The van der Waals surface area contributed by atoms with Crippen LogP contribution in [0.5, 0.6) is 11.5 Å². The third kappa shape index (κ3) is 4.45. The van der Waals surface area contributed by atoms with Crippen molar-refractivity contribution in [2.45, 2.75) is 19.9 Å². The number of aromatic nitrogens is 1. The summed E-state index contributed by atoms with van der Waals surface area (Å²) >= 11 is 0. The van der Waals surface area contributed by atoms with Crippen LogP contribution in [0.2, 0.25) is 0 Å². The van der Waals surface area contributed by atoms with Crippen LogP contribution in [0.25, 0.3) is 5.76 Å². The number of rotatable bonds is 9. The van der Waals surface area contributed by atoms with Crippen LogP contribution in [0.1, 0.15) is 31.0 Å². The average molecular weight is 440 g/mol. The van der Waals surface area contributed by atoms with Gasteiger partial charge in [-0.25, -0.2) is 0 Å². The van der Waals surface area contributed by atoms with Crippen molar-refractivity contribution < 1.29 is 24.2 Å². The van der Waals surface area contributed by atoms with Crippen molar-refractivity contribution >= 4 is 17.4 Å².